The fourth-order valence-electron chi connectivity index (χ4n) is 7.99. The number of nitro groups is 4. The number of allylic oxidation sites excluding steroid dienone is 2. The fraction of sp³-hybridized carbons (Fsp3) is 0.636. The Hall–Kier alpha value is -5.36. The average Bonchev–Trinajstić information content (AvgIpc) is 3.80. The van der Waals surface area contributed by atoms with E-state index in [0.717, 1.165) is 121 Å². The minimum absolute atomic E-state index is 0.117. The first-order valence-electron chi connectivity index (χ1n) is 21.9. The Kier molecular flexibility index (Phi) is 21.0. The largest absolute Gasteiger partial charge is 0.390 e. The molecule has 2 aliphatic rings. The molecule has 0 aromatic heterocycles. The van der Waals surface area contributed by atoms with Gasteiger partial charge in [0.1, 0.15) is 0 Å². The maximum atomic E-state index is 12.3. The van der Waals surface area contributed by atoms with Crippen LogP contribution in [0.5, 0.6) is 0 Å². The van der Waals surface area contributed by atoms with Crippen LogP contribution in [0.1, 0.15) is 141 Å². The van der Waals surface area contributed by atoms with E-state index in [0.29, 0.717) is 30.5 Å². The molecule has 0 spiro atoms. The van der Waals surface area contributed by atoms with Gasteiger partial charge in [-0.15, -0.1) is 0 Å². The summed E-state index contributed by atoms with van der Waals surface area (Å²) < 4.78 is 0. The molecule has 0 aliphatic heterocycles. The van der Waals surface area contributed by atoms with Crippen molar-refractivity contribution in [1.29, 1.82) is 0 Å². The van der Waals surface area contributed by atoms with E-state index in [1.54, 1.807) is 6.92 Å². The number of carbonyl (C=O) groups excluding carboxylic acids is 2. The predicted octanol–water partition coefficient (Wildman–Crippen LogP) is 8.66. The van der Waals surface area contributed by atoms with Gasteiger partial charge in [0.2, 0.25) is 11.8 Å². The van der Waals surface area contributed by atoms with Gasteiger partial charge in [0.15, 0.2) is 0 Å². The quantitative estimate of drug-likeness (QED) is 0.0299. The maximum Gasteiger partial charge on any atom is 0.279 e. The van der Waals surface area contributed by atoms with Crippen molar-refractivity contribution in [2.75, 3.05) is 13.1 Å². The number of nitrogens with one attached hydrogen (secondary N) is 2. The monoisotopic (exact) mass is 868 g/mol. The summed E-state index contributed by atoms with van der Waals surface area (Å²) >= 11 is 0. The van der Waals surface area contributed by atoms with E-state index in [-0.39, 0.29) is 52.8 Å². The number of unbranched alkanes of at least 4 members (excludes halogenated alkanes) is 12. The van der Waals surface area contributed by atoms with Crippen molar-refractivity contribution in [2.24, 2.45) is 10.8 Å². The van der Waals surface area contributed by atoms with Crippen LogP contribution >= 0.6 is 0 Å². The van der Waals surface area contributed by atoms with Crippen molar-refractivity contribution in [3.8, 4) is 0 Å². The lowest BCUT2D eigenvalue weighted by Crippen LogP contribution is -2.38. The molecule has 2 unspecified atom stereocenters. The van der Waals surface area contributed by atoms with Gasteiger partial charge in [-0.25, -0.2) is 0 Å². The van der Waals surface area contributed by atoms with Crippen molar-refractivity contribution in [3.63, 3.8) is 0 Å². The highest BCUT2D eigenvalue weighted by Gasteiger charge is 2.45. The van der Waals surface area contributed by atoms with Gasteiger partial charge in [-0.1, -0.05) is 90.2 Å². The highest BCUT2D eigenvalue weighted by molar-refractivity contribution is 5.83. The third-order valence-corrected chi connectivity index (χ3v) is 11.9. The first-order valence-corrected chi connectivity index (χ1v) is 21.9. The SMILES string of the molecule is CC1(C(=O)NCCCCCCCCCc2ccc([N+](=O)[O-])cc2[N+](=O)[O-])CC(O)C(O)C1.CC1(C(=O)NCCCCCCCCCc2ccc([N+](=O)[O-])cc2[N+](=O)[O-])CC=CC1. The van der Waals surface area contributed by atoms with Gasteiger partial charge in [0, 0.05) is 36.3 Å². The number of hydrogen-bond acceptors (Lipinski definition) is 12. The minimum atomic E-state index is -0.836. The molecule has 0 bridgehead atoms. The Labute approximate surface area is 362 Å². The van der Waals surface area contributed by atoms with Gasteiger partial charge in [-0.2, -0.15) is 0 Å². The molecule has 342 valence electrons. The lowest BCUT2D eigenvalue weighted by atomic mass is 9.87. The van der Waals surface area contributed by atoms with Crippen LogP contribution < -0.4 is 10.6 Å². The summed E-state index contributed by atoms with van der Waals surface area (Å²) in [5.74, 6) is 0.0290. The molecule has 62 heavy (non-hydrogen) atoms. The fourth-order valence-corrected chi connectivity index (χ4v) is 7.99. The van der Waals surface area contributed by atoms with Gasteiger partial charge < -0.3 is 20.8 Å². The van der Waals surface area contributed by atoms with Crippen LogP contribution in [0.3, 0.4) is 0 Å². The molecule has 0 heterocycles. The summed E-state index contributed by atoms with van der Waals surface area (Å²) in [6.45, 7) is 5.07. The standard InChI is InChI=1S/C22H33N3O7.C22H31N3O5/c1-22(14-19(26)20(27)15-22)21(28)23-12-8-6-4-2-3-5-7-9-16-10-11-17(24(29)30)13-18(16)25(31)32;1-22(14-8-9-15-22)21(26)23-16-10-6-4-2-3-5-7-11-18-12-13-19(24(27)28)17-20(18)25(29)30/h10-11,13,19-20,26-27H,2-9,12,14-15H2,1H3,(H,23,28);8-9,12-13,17H,2-7,10-11,14-16H2,1H3,(H,23,26). The van der Waals surface area contributed by atoms with Gasteiger partial charge in [0.25, 0.3) is 22.7 Å². The van der Waals surface area contributed by atoms with Crippen LogP contribution in [-0.4, -0.2) is 67.0 Å². The molecule has 4 N–H and O–H groups in total. The van der Waals surface area contributed by atoms with Crippen molar-refractivity contribution < 1.29 is 39.5 Å². The zero-order valence-electron chi connectivity index (χ0n) is 36.1. The number of amides is 2. The van der Waals surface area contributed by atoms with Gasteiger partial charge in [0.05, 0.1) is 54.9 Å². The molecule has 0 radical (unpaired) electrons. The Morgan fingerprint density at radius 3 is 1.24 bits per heavy atom. The smallest absolute Gasteiger partial charge is 0.279 e. The number of benzene rings is 2. The molecule has 4 rings (SSSR count). The molecule has 18 nitrogen and oxygen atoms in total. The molecule has 2 amide bonds. The number of carbonyl (C=O) groups is 2. The van der Waals surface area contributed by atoms with E-state index in [4.69, 9.17) is 0 Å². The zero-order valence-corrected chi connectivity index (χ0v) is 36.1. The third-order valence-electron chi connectivity index (χ3n) is 11.9. The van der Waals surface area contributed by atoms with E-state index in [1.807, 2.05) is 6.92 Å². The molecular formula is C44H64N6O12. The van der Waals surface area contributed by atoms with E-state index in [1.165, 1.54) is 24.3 Å². The van der Waals surface area contributed by atoms with Crippen LogP contribution in [0.4, 0.5) is 22.7 Å². The highest BCUT2D eigenvalue weighted by atomic mass is 16.6. The average molecular weight is 869 g/mol. The van der Waals surface area contributed by atoms with E-state index in [2.05, 4.69) is 22.8 Å². The second-order valence-electron chi connectivity index (χ2n) is 17.2. The number of nitrogens with zero attached hydrogens (tertiary/aromatic N) is 4. The summed E-state index contributed by atoms with van der Waals surface area (Å²) in [6.07, 6.45) is 19.4. The molecular weight excluding hydrogens is 805 g/mol. The van der Waals surface area contributed by atoms with Crippen molar-refractivity contribution in [1.82, 2.24) is 10.6 Å². The summed E-state index contributed by atoms with van der Waals surface area (Å²) in [5.41, 5.74) is -0.805. The molecule has 2 aromatic carbocycles. The molecule has 2 aliphatic carbocycles. The lowest BCUT2D eigenvalue weighted by Gasteiger charge is -2.22. The Balaban J connectivity index is 0.000000331. The topological polar surface area (TPSA) is 271 Å². The van der Waals surface area contributed by atoms with E-state index < -0.39 is 37.3 Å². The number of non-ortho nitro benzene ring substituents is 2. The Morgan fingerprint density at radius 1 is 0.548 bits per heavy atom. The number of aryl methyl sites for hydroxylation is 2. The van der Waals surface area contributed by atoms with Crippen LogP contribution in [0.15, 0.2) is 48.6 Å². The number of rotatable bonds is 26. The third kappa shape index (κ3) is 16.5. The number of nitro benzene ring substituents is 4. The molecule has 1 fully saturated rings. The minimum Gasteiger partial charge on any atom is -0.390 e. The number of aliphatic hydroxyl groups is 2. The zero-order chi connectivity index (χ0) is 45.7. The van der Waals surface area contributed by atoms with Gasteiger partial charge in [-0.3, -0.25) is 50.0 Å². The van der Waals surface area contributed by atoms with Crippen molar-refractivity contribution >= 4 is 34.6 Å². The molecule has 2 atom stereocenters. The molecule has 1 saturated carbocycles. The summed E-state index contributed by atoms with van der Waals surface area (Å²) in [6, 6.07) is 7.65. The number of hydrogen-bond donors (Lipinski definition) is 4. The lowest BCUT2D eigenvalue weighted by molar-refractivity contribution is -0.394. The van der Waals surface area contributed by atoms with Crippen molar-refractivity contribution in [2.45, 2.75) is 154 Å². The maximum absolute atomic E-state index is 12.3. The molecule has 18 heteroatoms. The van der Waals surface area contributed by atoms with Crippen LogP contribution in [0, 0.1) is 51.3 Å². The summed E-state index contributed by atoms with van der Waals surface area (Å²) in [7, 11) is 0. The van der Waals surface area contributed by atoms with Crippen LogP contribution in [0.2, 0.25) is 0 Å². The first-order chi connectivity index (χ1) is 29.5. The predicted molar refractivity (Wildman–Crippen MR) is 233 cm³/mol. The first kappa shape index (κ1) is 51.0. The summed E-state index contributed by atoms with van der Waals surface area (Å²) in [5, 5.41) is 69.1. The second kappa shape index (κ2) is 25.5. The van der Waals surface area contributed by atoms with Gasteiger partial charge >= 0.3 is 0 Å². The van der Waals surface area contributed by atoms with E-state index >= 15 is 0 Å². The highest BCUT2D eigenvalue weighted by Crippen LogP contribution is 2.38. The van der Waals surface area contributed by atoms with Crippen LogP contribution in [-0.2, 0) is 22.4 Å². The Bertz CT molecular complexity index is 1850. The van der Waals surface area contributed by atoms with Gasteiger partial charge in [-0.05, 0) is 76.3 Å². The Morgan fingerprint density at radius 2 is 0.887 bits per heavy atom. The molecule has 0 saturated heterocycles. The normalized spacial score (nSPS) is 18.7. The van der Waals surface area contributed by atoms with Crippen molar-refractivity contribution in [3.05, 3.63) is 100 Å². The second-order valence-corrected chi connectivity index (χ2v) is 17.2. The van der Waals surface area contributed by atoms with E-state index in [9.17, 15) is 60.3 Å². The molecule has 2 aromatic rings. The summed E-state index contributed by atoms with van der Waals surface area (Å²) in [4.78, 5) is 66.0. The number of aliphatic hydroxyl groups excluding tert-OH is 2. The van der Waals surface area contributed by atoms with Crippen LogP contribution in [0.25, 0.3) is 0 Å².